The van der Waals surface area contributed by atoms with Crippen molar-refractivity contribution < 1.29 is 13.2 Å². The number of aryl methyl sites for hydroxylation is 2. The van der Waals surface area contributed by atoms with Crippen LogP contribution >= 0.6 is 0 Å². The van der Waals surface area contributed by atoms with Crippen molar-refractivity contribution >= 4 is 10.0 Å². The van der Waals surface area contributed by atoms with Crippen LogP contribution in [0.2, 0.25) is 0 Å². The molecule has 1 atom stereocenters. The zero-order chi connectivity index (χ0) is 17.7. The van der Waals surface area contributed by atoms with E-state index in [1.54, 1.807) is 25.4 Å². The standard InChI is InChI=1S/C19H27NO3S/c1-5-6-7-8-19(23-4)18-13-16(3)14-20(18)24(21,22)17-11-9-15(2)10-12-17/h9-14,19H,5-8H2,1-4H3. The molecule has 132 valence electrons. The van der Waals surface area contributed by atoms with Crippen LogP contribution in [-0.4, -0.2) is 19.5 Å². The van der Waals surface area contributed by atoms with Crippen molar-refractivity contribution in [2.45, 2.75) is 57.5 Å². The van der Waals surface area contributed by atoms with Gasteiger partial charge in [0.25, 0.3) is 10.0 Å². The van der Waals surface area contributed by atoms with E-state index in [2.05, 4.69) is 6.92 Å². The normalized spacial score (nSPS) is 13.2. The van der Waals surface area contributed by atoms with Gasteiger partial charge >= 0.3 is 0 Å². The molecule has 1 heterocycles. The molecule has 1 aromatic carbocycles. The number of ether oxygens (including phenoxy) is 1. The van der Waals surface area contributed by atoms with Crippen molar-refractivity contribution in [3.05, 3.63) is 53.3 Å². The Morgan fingerprint density at radius 1 is 1.08 bits per heavy atom. The van der Waals surface area contributed by atoms with Gasteiger partial charge in [-0.15, -0.1) is 0 Å². The fourth-order valence-corrected chi connectivity index (χ4v) is 4.29. The fraction of sp³-hybridized carbons (Fsp3) is 0.474. The molecule has 0 aliphatic carbocycles. The van der Waals surface area contributed by atoms with Gasteiger partial charge in [0.15, 0.2) is 0 Å². The van der Waals surface area contributed by atoms with Gasteiger partial charge in [0.05, 0.1) is 16.7 Å². The summed E-state index contributed by atoms with van der Waals surface area (Å²) in [4.78, 5) is 0.299. The van der Waals surface area contributed by atoms with Crippen molar-refractivity contribution in [3.63, 3.8) is 0 Å². The highest BCUT2D eigenvalue weighted by Crippen LogP contribution is 2.28. The number of hydrogen-bond acceptors (Lipinski definition) is 3. The molecule has 0 saturated carbocycles. The Balaban J connectivity index is 2.41. The molecular weight excluding hydrogens is 322 g/mol. The minimum Gasteiger partial charge on any atom is -0.375 e. The van der Waals surface area contributed by atoms with Crippen LogP contribution in [0.3, 0.4) is 0 Å². The first kappa shape index (κ1) is 18.7. The van der Waals surface area contributed by atoms with Crippen molar-refractivity contribution in [2.75, 3.05) is 7.11 Å². The summed E-state index contributed by atoms with van der Waals surface area (Å²) in [6.45, 7) is 6.00. The smallest absolute Gasteiger partial charge is 0.267 e. The maximum Gasteiger partial charge on any atom is 0.267 e. The molecule has 0 saturated heterocycles. The predicted octanol–water partition coefficient (Wildman–Crippen LogP) is 4.61. The molecule has 4 nitrogen and oxygen atoms in total. The fourth-order valence-electron chi connectivity index (χ4n) is 2.83. The van der Waals surface area contributed by atoms with Gasteiger partial charge in [-0.1, -0.05) is 43.9 Å². The van der Waals surface area contributed by atoms with E-state index in [9.17, 15) is 8.42 Å². The van der Waals surface area contributed by atoms with E-state index in [1.807, 2.05) is 32.0 Å². The molecule has 0 N–H and O–H groups in total. The number of nitrogens with zero attached hydrogens (tertiary/aromatic N) is 1. The SMILES string of the molecule is CCCCCC(OC)c1cc(C)cn1S(=O)(=O)c1ccc(C)cc1. The lowest BCUT2D eigenvalue weighted by Gasteiger charge is -2.18. The van der Waals surface area contributed by atoms with Gasteiger partial charge in [0.2, 0.25) is 0 Å². The number of methoxy groups -OCH3 is 1. The topological polar surface area (TPSA) is 48.3 Å². The van der Waals surface area contributed by atoms with Crippen molar-refractivity contribution in [1.29, 1.82) is 0 Å². The van der Waals surface area contributed by atoms with Crippen molar-refractivity contribution in [2.24, 2.45) is 0 Å². The molecule has 0 aliphatic rings. The Hall–Kier alpha value is -1.59. The zero-order valence-electron chi connectivity index (χ0n) is 15.0. The second-order valence-corrected chi connectivity index (χ2v) is 8.09. The minimum atomic E-state index is -3.61. The Kier molecular flexibility index (Phi) is 6.24. The third-order valence-electron chi connectivity index (χ3n) is 4.21. The Morgan fingerprint density at radius 3 is 2.33 bits per heavy atom. The molecule has 1 aromatic heterocycles. The molecule has 2 rings (SSSR count). The monoisotopic (exact) mass is 349 g/mol. The van der Waals surface area contributed by atoms with E-state index in [0.29, 0.717) is 10.6 Å². The van der Waals surface area contributed by atoms with Crippen LogP contribution in [0.1, 0.15) is 55.5 Å². The summed E-state index contributed by atoms with van der Waals surface area (Å²) in [6, 6.07) is 8.85. The third kappa shape index (κ3) is 4.08. The summed E-state index contributed by atoms with van der Waals surface area (Å²) in [5, 5.41) is 0. The minimum absolute atomic E-state index is 0.217. The maximum atomic E-state index is 13.0. The first-order valence-electron chi connectivity index (χ1n) is 8.44. The lowest BCUT2D eigenvalue weighted by Crippen LogP contribution is -2.18. The molecule has 0 amide bonds. The van der Waals surface area contributed by atoms with E-state index in [0.717, 1.165) is 36.8 Å². The quantitative estimate of drug-likeness (QED) is 0.654. The summed E-state index contributed by atoms with van der Waals surface area (Å²) in [5.41, 5.74) is 2.65. The first-order chi connectivity index (χ1) is 11.4. The highest BCUT2D eigenvalue weighted by atomic mass is 32.2. The number of benzene rings is 1. The molecule has 0 spiro atoms. The number of hydrogen-bond donors (Lipinski definition) is 0. The molecule has 0 aliphatic heterocycles. The molecule has 2 aromatic rings. The van der Waals surface area contributed by atoms with E-state index < -0.39 is 10.0 Å². The zero-order valence-corrected chi connectivity index (χ0v) is 15.8. The lowest BCUT2D eigenvalue weighted by molar-refractivity contribution is 0.0891. The van der Waals surface area contributed by atoms with E-state index in [4.69, 9.17) is 4.74 Å². The Labute approximate surface area is 145 Å². The van der Waals surface area contributed by atoms with Crippen LogP contribution < -0.4 is 0 Å². The summed E-state index contributed by atoms with van der Waals surface area (Å²) in [7, 11) is -1.97. The van der Waals surface area contributed by atoms with E-state index in [-0.39, 0.29) is 6.10 Å². The lowest BCUT2D eigenvalue weighted by atomic mass is 10.1. The summed E-state index contributed by atoms with van der Waals surface area (Å²) in [5.74, 6) is 0. The Morgan fingerprint density at radius 2 is 1.75 bits per heavy atom. The summed E-state index contributed by atoms with van der Waals surface area (Å²) in [6.07, 6.45) is 5.53. The van der Waals surface area contributed by atoms with Crippen LogP contribution in [0, 0.1) is 13.8 Å². The van der Waals surface area contributed by atoms with Crippen molar-refractivity contribution in [1.82, 2.24) is 3.97 Å². The Bertz CT molecular complexity index is 760. The van der Waals surface area contributed by atoms with Crippen LogP contribution in [0.5, 0.6) is 0 Å². The number of unbranched alkanes of at least 4 members (excludes halogenated alkanes) is 2. The molecule has 0 bridgehead atoms. The van der Waals surface area contributed by atoms with Crippen molar-refractivity contribution in [3.8, 4) is 0 Å². The maximum absolute atomic E-state index is 13.0. The van der Waals surface area contributed by atoms with E-state index in [1.165, 1.54) is 3.97 Å². The second-order valence-electron chi connectivity index (χ2n) is 6.28. The molecule has 0 radical (unpaired) electrons. The van der Waals surface area contributed by atoms with Gasteiger partial charge in [-0.3, -0.25) is 0 Å². The first-order valence-corrected chi connectivity index (χ1v) is 9.88. The predicted molar refractivity (Wildman–Crippen MR) is 96.8 cm³/mol. The summed E-state index contributed by atoms with van der Waals surface area (Å²) >= 11 is 0. The van der Waals surface area contributed by atoms with E-state index >= 15 is 0 Å². The van der Waals surface area contributed by atoms with Gasteiger partial charge in [0.1, 0.15) is 0 Å². The third-order valence-corrected chi connectivity index (χ3v) is 5.91. The van der Waals surface area contributed by atoms with Gasteiger partial charge in [0, 0.05) is 13.3 Å². The largest absolute Gasteiger partial charge is 0.375 e. The van der Waals surface area contributed by atoms with Gasteiger partial charge < -0.3 is 4.74 Å². The number of rotatable bonds is 8. The highest BCUT2D eigenvalue weighted by molar-refractivity contribution is 7.90. The van der Waals surface area contributed by atoms with Crippen LogP contribution in [0.25, 0.3) is 0 Å². The highest BCUT2D eigenvalue weighted by Gasteiger charge is 2.24. The molecule has 24 heavy (non-hydrogen) atoms. The average Bonchev–Trinajstić information content (AvgIpc) is 2.94. The van der Waals surface area contributed by atoms with Crippen LogP contribution in [-0.2, 0) is 14.8 Å². The molecule has 0 fully saturated rings. The van der Waals surface area contributed by atoms with Crippen LogP contribution in [0.4, 0.5) is 0 Å². The molecular formula is C19H27NO3S. The second kappa shape index (κ2) is 7.99. The molecule has 1 unspecified atom stereocenters. The average molecular weight is 349 g/mol. The summed E-state index contributed by atoms with van der Waals surface area (Å²) < 4.78 is 33.1. The number of aromatic nitrogens is 1. The van der Waals surface area contributed by atoms with Gasteiger partial charge in [-0.25, -0.2) is 12.4 Å². The van der Waals surface area contributed by atoms with Gasteiger partial charge in [-0.2, -0.15) is 0 Å². The van der Waals surface area contributed by atoms with Gasteiger partial charge in [-0.05, 0) is 44.0 Å². The molecule has 5 heteroatoms. The van der Waals surface area contributed by atoms with Crippen LogP contribution in [0.15, 0.2) is 41.4 Å².